The summed E-state index contributed by atoms with van der Waals surface area (Å²) in [6.45, 7) is 8.10. The number of para-hydroxylation sites is 2. The standard InChI is InChI=1S/C26H26N4O/c1-5-11-18(6-2)30-24(16-23(29-30)17(3)4)28-26(31)25-19-12-7-9-14-21(19)27-22-15-10-8-13-20(22)25/h5-17H,1-4H3,(H,28,31)/b11-5-,18-6+. The smallest absolute Gasteiger partial charge is 0.258 e. The fourth-order valence-electron chi connectivity index (χ4n) is 3.69. The van der Waals surface area contributed by atoms with Crippen LogP contribution in [0.3, 0.4) is 0 Å². The van der Waals surface area contributed by atoms with Gasteiger partial charge in [-0.3, -0.25) is 4.79 Å². The molecule has 0 saturated carbocycles. The molecule has 0 aliphatic heterocycles. The molecule has 0 radical (unpaired) electrons. The maximum Gasteiger partial charge on any atom is 0.258 e. The van der Waals surface area contributed by atoms with Crippen LogP contribution in [0.4, 0.5) is 5.82 Å². The average molecular weight is 411 g/mol. The zero-order chi connectivity index (χ0) is 22.0. The van der Waals surface area contributed by atoms with E-state index in [0.29, 0.717) is 11.4 Å². The van der Waals surface area contributed by atoms with E-state index in [-0.39, 0.29) is 11.8 Å². The van der Waals surface area contributed by atoms with Gasteiger partial charge in [-0.15, -0.1) is 0 Å². The first-order valence-electron chi connectivity index (χ1n) is 10.5. The van der Waals surface area contributed by atoms with E-state index in [9.17, 15) is 4.79 Å². The van der Waals surface area contributed by atoms with Crippen LogP contribution in [0.25, 0.3) is 27.5 Å². The van der Waals surface area contributed by atoms with Gasteiger partial charge >= 0.3 is 0 Å². The Labute approximate surface area is 182 Å². The zero-order valence-corrected chi connectivity index (χ0v) is 18.3. The van der Waals surface area contributed by atoms with E-state index in [1.807, 2.05) is 86.7 Å². The molecule has 1 amide bonds. The van der Waals surface area contributed by atoms with Crippen LogP contribution in [-0.4, -0.2) is 20.7 Å². The SMILES string of the molecule is C/C=C\C(=C/C)n1nc(C(C)C)cc1NC(=O)c1c2ccccc2nc2ccccc12. The van der Waals surface area contributed by atoms with Crippen LogP contribution in [0.2, 0.25) is 0 Å². The van der Waals surface area contributed by atoms with Crippen molar-refractivity contribution in [2.45, 2.75) is 33.6 Å². The summed E-state index contributed by atoms with van der Waals surface area (Å²) >= 11 is 0. The van der Waals surface area contributed by atoms with Gasteiger partial charge in [-0.05, 0) is 38.0 Å². The van der Waals surface area contributed by atoms with Crippen molar-refractivity contribution < 1.29 is 4.79 Å². The summed E-state index contributed by atoms with van der Waals surface area (Å²) in [5.74, 6) is 0.704. The van der Waals surface area contributed by atoms with Crippen LogP contribution < -0.4 is 5.32 Å². The number of allylic oxidation sites excluding steroid dienone is 4. The first-order chi connectivity index (χ1) is 15.0. The van der Waals surface area contributed by atoms with E-state index in [2.05, 4.69) is 19.2 Å². The molecule has 0 fully saturated rings. The predicted octanol–water partition coefficient (Wildman–Crippen LogP) is 6.40. The van der Waals surface area contributed by atoms with Crippen molar-refractivity contribution in [1.29, 1.82) is 0 Å². The monoisotopic (exact) mass is 410 g/mol. The molecule has 0 aliphatic carbocycles. The summed E-state index contributed by atoms with van der Waals surface area (Å²) in [5, 5.41) is 9.51. The van der Waals surface area contributed by atoms with E-state index in [0.717, 1.165) is 33.2 Å². The lowest BCUT2D eigenvalue weighted by Gasteiger charge is -2.13. The number of hydrogen-bond acceptors (Lipinski definition) is 3. The third-order valence-electron chi connectivity index (χ3n) is 5.25. The number of hydrogen-bond donors (Lipinski definition) is 1. The number of fused-ring (bicyclic) bond motifs is 2. The van der Waals surface area contributed by atoms with Crippen LogP contribution in [0, 0.1) is 0 Å². The van der Waals surface area contributed by atoms with Crippen molar-refractivity contribution >= 4 is 39.2 Å². The minimum Gasteiger partial charge on any atom is -0.306 e. The van der Waals surface area contributed by atoms with Crippen LogP contribution in [0.5, 0.6) is 0 Å². The Bertz CT molecular complexity index is 1270. The number of carbonyl (C=O) groups excluding carboxylic acids is 1. The molecule has 0 saturated heterocycles. The van der Waals surface area contributed by atoms with E-state index in [4.69, 9.17) is 10.1 Å². The Morgan fingerprint density at radius 3 is 2.16 bits per heavy atom. The molecular formula is C26H26N4O. The topological polar surface area (TPSA) is 59.8 Å². The van der Waals surface area contributed by atoms with E-state index in [1.165, 1.54) is 0 Å². The number of amides is 1. The maximum absolute atomic E-state index is 13.6. The highest BCUT2D eigenvalue weighted by Gasteiger charge is 2.19. The number of rotatable bonds is 5. The largest absolute Gasteiger partial charge is 0.306 e. The minimum absolute atomic E-state index is 0.179. The van der Waals surface area contributed by atoms with Gasteiger partial charge in [-0.2, -0.15) is 5.10 Å². The van der Waals surface area contributed by atoms with E-state index < -0.39 is 0 Å². The second-order valence-electron chi connectivity index (χ2n) is 7.71. The number of nitrogens with one attached hydrogen (secondary N) is 1. The summed E-state index contributed by atoms with van der Waals surface area (Å²) in [5.41, 5.74) is 4.03. The van der Waals surface area contributed by atoms with Crippen molar-refractivity contribution in [3.05, 3.63) is 84.1 Å². The van der Waals surface area contributed by atoms with Gasteiger partial charge in [-0.25, -0.2) is 9.67 Å². The molecule has 5 nitrogen and oxygen atoms in total. The first-order valence-corrected chi connectivity index (χ1v) is 10.5. The number of benzene rings is 2. The van der Waals surface area contributed by atoms with Gasteiger partial charge in [0.15, 0.2) is 0 Å². The lowest BCUT2D eigenvalue weighted by atomic mass is 10.0. The van der Waals surface area contributed by atoms with Crippen LogP contribution in [-0.2, 0) is 0 Å². The highest BCUT2D eigenvalue weighted by atomic mass is 16.1. The lowest BCUT2D eigenvalue weighted by Crippen LogP contribution is -2.16. The van der Waals surface area contributed by atoms with Gasteiger partial charge < -0.3 is 5.32 Å². The quantitative estimate of drug-likeness (QED) is 0.306. The van der Waals surface area contributed by atoms with Gasteiger partial charge in [0.1, 0.15) is 5.82 Å². The van der Waals surface area contributed by atoms with E-state index in [1.54, 1.807) is 4.68 Å². The summed E-state index contributed by atoms with van der Waals surface area (Å²) in [7, 11) is 0. The molecule has 1 N–H and O–H groups in total. The number of pyridine rings is 1. The number of aromatic nitrogens is 3. The lowest BCUT2D eigenvalue weighted by molar-refractivity contribution is 0.102. The van der Waals surface area contributed by atoms with Gasteiger partial charge in [-0.1, -0.05) is 62.4 Å². The highest BCUT2D eigenvalue weighted by molar-refractivity contribution is 6.20. The maximum atomic E-state index is 13.6. The number of anilines is 1. The molecule has 2 aromatic carbocycles. The predicted molar refractivity (Wildman–Crippen MR) is 128 cm³/mol. The van der Waals surface area contributed by atoms with Crippen LogP contribution in [0.1, 0.15) is 49.7 Å². The van der Waals surface area contributed by atoms with E-state index >= 15 is 0 Å². The Morgan fingerprint density at radius 1 is 1.00 bits per heavy atom. The fraction of sp³-hybridized carbons (Fsp3) is 0.192. The van der Waals surface area contributed by atoms with Crippen molar-refractivity contribution in [2.75, 3.05) is 5.32 Å². The van der Waals surface area contributed by atoms with Crippen LogP contribution in [0.15, 0.2) is 72.8 Å². The number of carbonyl (C=O) groups is 1. The summed E-state index contributed by atoms with van der Waals surface area (Å²) in [4.78, 5) is 18.3. The van der Waals surface area contributed by atoms with Gasteiger partial charge in [0.25, 0.3) is 5.91 Å². The average Bonchev–Trinajstić information content (AvgIpc) is 3.19. The van der Waals surface area contributed by atoms with Gasteiger partial charge in [0, 0.05) is 16.8 Å². The Morgan fingerprint density at radius 2 is 1.61 bits per heavy atom. The molecular weight excluding hydrogens is 384 g/mol. The molecule has 31 heavy (non-hydrogen) atoms. The molecule has 156 valence electrons. The Kier molecular flexibility index (Phi) is 5.67. The first kappa shape index (κ1) is 20.5. The highest BCUT2D eigenvalue weighted by Crippen LogP contribution is 2.28. The second-order valence-corrected chi connectivity index (χ2v) is 7.71. The summed E-state index contributed by atoms with van der Waals surface area (Å²) in [6.07, 6.45) is 5.91. The summed E-state index contributed by atoms with van der Waals surface area (Å²) < 4.78 is 1.79. The van der Waals surface area contributed by atoms with Crippen molar-refractivity contribution in [1.82, 2.24) is 14.8 Å². The molecule has 4 rings (SSSR count). The van der Waals surface area contributed by atoms with Gasteiger partial charge in [0.05, 0.1) is 28.0 Å². The van der Waals surface area contributed by atoms with Crippen LogP contribution >= 0.6 is 0 Å². The minimum atomic E-state index is -0.179. The molecule has 0 unspecified atom stereocenters. The third kappa shape index (κ3) is 3.87. The fourth-order valence-corrected chi connectivity index (χ4v) is 3.69. The molecule has 0 aliphatic rings. The molecule has 2 heterocycles. The summed E-state index contributed by atoms with van der Waals surface area (Å²) in [6, 6.07) is 17.4. The molecule has 4 aromatic rings. The third-order valence-corrected chi connectivity index (χ3v) is 5.25. The Balaban J connectivity index is 1.86. The zero-order valence-electron chi connectivity index (χ0n) is 18.3. The molecule has 0 bridgehead atoms. The molecule has 0 spiro atoms. The van der Waals surface area contributed by atoms with Crippen molar-refractivity contribution in [3.8, 4) is 0 Å². The Hall–Kier alpha value is -3.73. The second kappa shape index (κ2) is 8.56. The van der Waals surface area contributed by atoms with Crippen molar-refractivity contribution in [3.63, 3.8) is 0 Å². The number of nitrogens with zero attached hydrogens (tertiary/aromatic N) is 3. The molecule has 5 heteroatoms. The molecule has 0 atom stereocenters. The molecule has 2 aromatic heterocycles. The normalized spacial score (nSPS) is 12.4. The van der Waals surface area contributed by atoms with Gasteiger partial charge in [0.2, 0.25) is 0 Å². The van der Waals surface area contributed by atoms with Crippen molar-refractivity contribution in [2.24, 2.45) is 0 Å².